The van der Waals surface area contributed by atoms with E-state index < -0.39 is 5.97 Å². The van der Waals surface area contributed by atoms with Crippen LogP contribution in [0.15, 0.2) is 109 Å². The molecule has 0 saturated carbocycles. The number of anilines is 1. The number of carboxylic acids is 1. The molecule has 0 saturated heterocycles. The van der Waals surface area contributed by atoms with Gasteiger partial charge in [-0.25, -0.2) is 4.79 Å². The van der Waals surface area contributed by atoms with Gasteiger partial charge in [0.2, 0.25) is 5.91 Å². The van der Waals surface area contributed by atoms with Crippen molar-refractivity contribution in [3.8, 4) is 0 Å². The smallest absolute Gasteiger partial charge is 0.335 e. The fourth-order valence-electron chi connectivity index (χ4n) is 5.64. The summed E-state index contributed by atoms with van der Waals surface area (Å²) in [6, 6.07) is 19.0. The summed E-state index contributed by atoms with van der Waals surface area (Å²) in [5, 5.41) is 12.8. The van der Waals surface area contributed by atoms with Crippen molar-refractivity contribution in [3.05, 3.63) is 131 Å². The van der Waals surface area contributed by atoms with Gasteiger partial charge in [0.1, 0.15) is 12.4 Å². The molecule has 0 aliphatic carbocycles. The normalized spacial score (nSPS) is 17.2. The number of benzene rings is 2. The average Bonchev–Trinajstić information content (AvgIpc) is 3.34. The molecule has 0 fully saturated rings. The third-order valence-corrected chi connectivity index (χ3v) is 8.08. The molecule has 1 aromatic heterocycles. The van der Waals surface area contributed by atoms with E-state index in [0.717, 1.165) is 34.4 Å². The molecule has 0 radical (unpaired) electrons. The highest BCUT2D eigenvalue weighted by atomic mass is 16.5. The van der Waals surface area contributed by atoms with Gasteiger partial charge in [0, 0.05) is 30.5 Å². The maximum Gasteiger partial charge on any atom is 0.335 e. The lowest BCUT2D eigenvalue weighted by atomic mass is 9.79. The van der Waals surface area contributed by atoms with Gasteiger partial charge in [-0.2, -0.15) is 0 Å². The first-order valence-electron chi connectivity index (χ1n) is 14.8. The molecule has 3 unspecified atom stereocenters. The highest BCUT2D eigenvalue weighted by Crippen LogP contribution is 2.48. The first-order valence-corrected chi connectivity index (χ1v) is 14.8. The molecule has 0 bridgehead atoms. The number of aromatic nitrogens is 1. The number of carboxylic acid groups (broad SMARTS) is 1. The van der Waals surface area contributed by atoms with Crippen molar-refractivity contribution in [2.75, 3.05) is 18.0 Å². The predicted octanol–water partition coefficient (Wildman–Crippen LogP) is 6.69. The summed E-state index contributed by atoms with van der Waals surface area (Å²) in [6.45, 7) is 11.4. The van der Waals surface area contributed by atoms with E-state index in [1.165, 1.54) is 0 Å². The Hall–Kier alpha value is -4.65. The number of rotatable bonds is 14. The van der Waals surface area contributed by atoms with Crippen LogP contribution in [0.1, 0.15) is 60.2 Å². The fourth-order valence-corrected chi connectivity index (χ4v) is 5.64. The summed E-state index contributed by atoms with van der Waals surface area (Å²) in [4.78, 5) is 31.4. The number of carbonyl (C=O) groups is 2. The quantitative estimate of drug-likeness (QED) is 0.163. The first kappa shape index (κ1) is 31.3. The minimum Gasteiger partial charge on any atom is -0.489 e. The van der Waals surface area contributed by atoms with Crippen molar-refractivity contribution in [1.29, 1.82) is 0 Å². The van der Waals surface area contributed by atoms with Crippen LogP contribution in [0.25, 0.3) is 0 Å². The third-order valence-electron chi connectivity index (χ3n) is 8.08. The molecule has 224 valence electrons. The predicted molar refractivity (Wildman–Crippen MR) is 171 cm³/mol. The van der Waals surface area contributed by atoms with E-state index in [-0.39, 0.29) is 30.0 Å². The Bertz CT molecular complexity index is 1470. The maximum absolute atomic E-state index is 13.3. The van der Waals surface area contributed by atoms with Crippen LogP contribution < -0.4 is 10.2 Å². The second-order valence-corrected chi connectivity index (χ2v) is 11.0. The van der Waals surface area contributed by atoms with Crippen molar-refractivity contribution in [2.24, 2.45) is 5.92 Å². The molecule has 7 nitrogen and oxygen atoms in total. The Balaban J connectivity index is 1.62. The SMILES string of the molecule is C=C/C(=C\C=C(/C)C1C(C(C)CC)c2ccc(C(=O)O)cc2N1CC(=O)NCCc1cccnc1)OCc1ccccc1. The maximum atomic E-state index is 13.3. The lowest BCUT2D eigenvalue weighted by Crippen LogP contribution is -2.44. The fraction of sp³-hybridized carbons (Fsp3) is 0.306. The van der Waals surface area contributed by atoms with Gasteiger partial charge in [-0.05, 0) is 66.3 Å². The van der Waals surface area contributed by atoms with Crippen molar-refractivity contribution < 1.29 is 19.4 Å². The van der Waals surface area contributed by atoms with Crippen molar-refractivity contribution in [3.63, 3.8) is 0 Å². The van der Waals surface area contributed by atoms with Gasteiger partial charge in [0.25, 0.3) is 0 Å². The number of allylic oxidation sites excluding steroid dienone is 3. The summed E-state index contributed by atoms with van der Waals surface area (Å²) >= 11 is 0. The Kier molecular flexibility index (Phi) is 10.9. The zero-order valence-corrected chi connectivity index (χ0v) is 25.2. The zero-order chi connectivity index (χ0) is 30.8. The minimum atomic E-state index is -0.992. The molecule has 0 spiro atoms. The number of fused-ring (bicyclic) bond motifs is 1. The van der Waals surface area contributed by atoms with Crippen LogP contribution >= 0.6 is 0 Å². The average molecular weight is 580 g/mol. The van der Waals surface area contributed by atoms with Gasteiger partial charge in [-0.15, -0.1) is 0 Å². The second-order valence-electron chi connectivity index (χ2n) is 11.0. The summed E-state index contributed by atoms with van der Waals surface area (Å²) in [5.41, 5.74) is 5.22. The Morgan fingerprint density at radius 1 is 1.12 bits per heavy atom. The molecule has 2 aromatic carbocycles. The number of amides is 1. The molecule has 3 atom stereocenters. The summed E-state index contributed by atoms with van der Waals surface area (Å²) < 4.78 is 6.01. The lowest BCUT2D eigenvalue weighted by Gasteiger charge is -2.33. The standard InChI is InChI=1S/C36H41N3O4/c1-5-25(3)34-31-17-15-29(36(41)42)21-32(31)39(23-33(40)38-20-18-27-13-10-19-37-22-27)35(34)26(4)14-16-30(6-2)43-24-28-11-8-7-9-12-28/h6-17,19,21-22,25,34-35H,2,5,18,20,23-24H2,1,3-4H3,(H,38,40)(H,41,42)/b26-14+,30-16+. The molecular formula is C36H41N3O4. The minimum absolute atomic E-state index is 0.0770. The highest BCUT2D eigenvalue weighted by molar-refractivity contribution is 5.91. The number of carbonyl (C=O) groups excluding carboxylic acids is 1. The lowest BCUT2D eigenvalue weighted by molar-refractivity contribution is -0.119. The molecule has 1 amide bonds. The van der Waals surface area contributed by atoms with Crippen LogP contribution in [0.5, 0.6) is 0 Å². The molecule has 43 heavy (non-hydrogen) atoms. The number of hydrogen-bond donors (Lipinski definition) is 2. The highest BCUT2D eigenvalue weighted by Gasteiger charge is 2.42. The molecule has 3 aromatic rings. The zero-order valence-electron chi connectivity index (χ0n) is 25.2. The molecule has 7 heteroatoms. The number of hydrogen-bond acceptors (Lipinski definition) is 5. The molecular weight excluding hydrogens is 538 g/mol. The topological polar surface area (TPSA) is 91.8 Å². The Labute approximate surface area is 254 Å². The summed E-state index contributed by atoms with van der Waals surface area (Å²) in [5.74, 6) is -0.0985. The van der Waals surface area contributed by atoms with Gasteiger partial charge < -0.3 is 20.1 Å². The molecule has 4 rings (SSSR count). The van der Waals surface area contributed by atoms with E-state index in [1.54, 1.807) is 30.6 Å². The monoisotopic (exact) mass is 579 g/mol. The van der Waals surface area contributed by atoms with E-state index >= 15 is 0 Å². The van der Waals surface area contributed by atoms with Crippen LogP contribution in [0.2, 0.25) is 0 Å². The van der Waals surface area contributed by atoms with Gasteiger partial charge >= 0.3 is 5.97 Å². The third kappa shape index (κ3) is 8.01. The van der Waals surface area contributed by atoms with Crippen LogP contribution in [-0.2, 0) is 22.6 Å². The second kappa shape index (κ2) is 15.0. The van der Waals surface area contributed by atoms with Crippen LogP contribution in [0.4, 0.5) is 5.69 Å². The van der Waals surface area contributed by atoms with Crippen LogP contribution in [0, 0.1) is 5.92 Å². The molecule has 2 heterocycles. The van der Waals surface area contributed by atoms with E-state index in [9.17, 15) is 14.7 Å². The summed E-state index contributed by atoms with van der Waals surface area (Å²) in [7, 11) is 0. The number of nitrogens with one attached hydrogen (secondary N) is 1. The van der Waals surface area contributed by atoms with Gasteiger partial charge in [0.05, 0.1) is 18.2 Å². The van der Waals surface area contributed by atoms with E-state index in [2.05, 4.69) is 42.6 Å². The number of pyridine rings is 1. The van der Waals surface area contributed by atoms with Crippen molar-refractivity contribution in [2.45, 2.75) is 52.2 Å². The molecule has 1 aliphatic heterocycles. The van der Waals surface area contributed by atoms with Crippen LogP contribution in [-0.4, -0.2) is 41.1 Å². The molecule has 2 N–H and O–H groups in total. The van der Waals surface area contributed by atoms with Gasteiger partial charge in [-0.3, -0.25) is 9.78 Å². The first-order chi connectivity index (χ1) is 20.8. The number of nitrogens with zero attached hydrogens (tertiary/aromatic N) is 2. The van der Waals surface area contributed by atoms with E-state index in [4.69, 9.17) is 4.74 Å². The van der Waals surface area contributed by atoms with Gasteiger partial charge in [-0.1, -0.05) is 81.0 Å². The van der Waals surface area contributed by atoms with Crippen molar-refractivity contribution >= 4 is 17.6 Å². The molecule has 1 aliphatic rings. The number of aromatic carboxylic acids is 1. The Morgan fingerprint density at radius 3 is 2.56 bits per heavy atom. The number of ether oxygens (including phenoxy) is 1. The van der Waals surface area contributed by atoms with E-state index in [0.29, 0.717) is 31.2 Å². The van der Waals surface area contributed by atoms with Crippen molar-refractivity contribution in [1.82, 2.24) is 10.3 Å². The largest absolute Gasteiger partial charge is 0.489 e. The Morgan fingerprint density at radius 2 is 1.88 bits per heavy atom. The van der Waals surface area contributed by atoms with E-state index in [1.807, 2.05) is 60.7 Å². The van der Waals surface area contributed by atoms with Gasteiger partial charge in [0.15, 0.2) is 0 Å². The summed E-state index contributed by atoms with van der Waals surface area (Å²) in [6.07, 6.45) is 10.8. The van der Waals surface area contributed by atoms with Crippen LogP contribution in [0.3, 0.4) is 0 Å².